The van der Waals surface area contributed by atoms with Crippen LogP contribution in [0.4, 0.5) is 5.13 Å². The Balaban J connectivity index is 1.56. The quantitative estimate of drug-likeness (QED) is 0.325. The number of aliphatic hydroxyl groups is 1. The maximum Gasteiger partial charge on any atom is 0.296 e. The van der Waals surface area contributed by atoms with E-state index < -0.39 is 23.5 Å². The number of ketones is 1. The molecule has 1 aliphatic rings. The fourth-order valence-corrected chi connectivity index (χ4v) is 4.67. The number of rotatable bonds is 7. The Hall–Kier alpha value is -4.56. The van der Waals surface area contributed by atoms with Gasteiger partial charge in [-0.3, -0.25) is 14.5 Å². The normalized spacial score (nSPS) is 15.6. The van der Waals surface area contributed by atoms with E-state index in [1.54, 1.807) is 37.3 Å². The summed E-state index contributed by atoms with van der Waals surface area (Å²) in [5.41, 5.74) is 1.38. The van der Waals surface area contributed by atoms with E-state index in [1.807, 2.05) is 60.7 Å². The van der Waals surface area contributed by atoms with Crippen molar-refractivity contribution in [1.29, 1.82) is 0 Å². The van der Waals surface area contributed by atoms with E-state index >= 15 is 0 Å². The number of amides is 1. The van der Waals surface area contributed by atoms with Crippen molar-refractivity contribution >= 4 is 34.2 Å². The van der Waals surface area contributed by atoms with Gasteiger partial charge in [-0.05, 0) is 48.4 Å². The van der Waals surface area contributed by atoms with Gasteiger partial charge in [0.15, 0.2) is 11.5 Å². The molecular weight excluding hydrogens is 474 g/mol. The summed E-state index contributed by atoms with van der Waals surface area (Å²) in [5, 5.41) is 19.9. The number of anilines is 1. The molecule has 3 aromatic carbocycles. The minimum Gasteiger partial charge on any atom is -0.503 e. The molecule has 0 radical (unpaired) electrons. The summed E-state index contributed by atoms with van der Waals surface area (Å²) in [6, 6.07) is 24.8. The van der Waals surface area contributed by atoms with Gasteiger partial charge >= 0.3 is 0 Å². The fraction of sp³-hybridized carbons (Fsp3) is 0.0714. The molecule has 1 amide bonds. The molecule has 0 fully saturated rings. The smallest absolute Gasteiger partial charge is 0.296 e. The van der Waals surface area contributed by atoms with Gasteiger partial charge in [-0.25, -0.2) is 0 Å². The molecule has 1 atom stereocenters. The molecule has 0 saturated carbocycles. The summed E-state index contributed by atoms with van der Waals surface area (Å²) < 4.78 is 5.97. The van der Waals surface area contributed by atoms with E-state index in [0.717, 1.165) is 5.56 Å². The Morgan fingerprint density at radius 2 is 1.67 bits per heavy atom. The topological polar surface area (TPSA) is 92.6 Å². The molecule has 36 heavy (non-hydrogen) atoms. The van der Waals surface area contributed by atoms with Gasteiger partial charge < -0.3 is 9.84 Å². The van der Waals surface area contributed by atoms with E-state index in [4.69, 9.17) is 4.74 Å². The summed E-state index contributed by atoms with van der Waals surface area (Å²) in [5.74, 6) is -0.619. The molecule has 1 N–H and O–H groups in total. The van der Waals surface area contributed by atoms with Crippen molar-refractivity contribution < 1.29 is 19.4 Å². The van der Waals surface area contributed by atoms with E-state index in [9.17, 15) is 14.7 Å². The molecule has 4 aromatic rings. The van der Waals surface area contributed by atoms with Crippen LogP contribution in [0.25, 0.3) is 6.08 Å². The zero-order chi connectivity index (χ0) is 25.1. The molecular formula is C28H21N3O4S. The van der Waals surface area contributed by atoms with E-state index in [2.05, 4.69) is 10.2 Å². The third-order valence-electron chi connectivity index (χ3n) is 5.57. The fourth-order valence-electron chi connectivity index (χ4n) is 3.95. The van der Waals surface area contributed by atoms with Crippen molar-refractivity contribution in [2.45, 2.75) is 13.0 Å². The number of aryl methyl sites for hydroxylation is 1. The molecule has 7 nitrogen and oxygen atoms in total. The average molecular weight is 496 g/mol. The first kappa shape index (κ1) is 23.2. The molecule has 2 heterocycles. The average Bonchev–Trinajstić information content (AvgIpc) is 3.44. The number of benzene rings is 3. The van der Waals surface area contributed by atoms with Crippen LogP contribution in [0.2, 0.25) is 0 Å². The summed E-state index contributed by atoms with van der Waals surface area (Å²) in [6.45, 7) is 1.77. The van der Waals surface area contributed by atoms with Crippen LogP contribution in [-0.2, 0) is 9.59 Å². The number of para-hydroxylation sites is 1. The maximum atomic E-state index is 13.4. The summed E-state index contributed by atoms with van der Waals surface area (Å²) in [4.78, 5) is 27.9. The molecule has 0 aliphatic carbocycles. The second-order valence-electron chi connectivity index (χ2n) is 8.04. The monoisotopic (exact) mass is 495 g/mol. The Kier molecular flexibility index (Phi) is 6.42. The second-order valence-corrected chi connectivity index (χ2v) is 9.20. The number of carbonyl (C=O) groups excluding carboxylic acids is 2. The molecule has 178 valence electrons. The molecule has 0 saturated heterocycles. The predicted octanol–water partition coefficient (Wildman–Crippen LogP) is 5.82. The summed E-state index contributed by atoms with van der Waals surface area (Å²) >= 11 is 1.20. The van der Waals surface area contributed by atoms with Crippen molar-refractivity contribution in [3.8, 4) is 11.5 Å². The van der Waals surface area contributed by atoms with Crippen LogP contribution in [-0.4, -0.2) is 27.0 Å². The lowest BCUT2D eigenvalue weighted by molar-refractivity contribution is -0.117. The highest BCUT2D eigenvalue weighted by atomic mass is 32.1. The number of aliphatic hydroxyl groups excluding tert-OH is 1. The Bertz CT molecular complexity index is 1480. The van der Waals surface area contributed by atoms with Gasteiger partial charge in [-0.2, -0.15) is 0 Å². The van der Waals surface area contributed by atoms with Gasteiger partial charge in [-0.15, -0.1) is 10.2 Å². The van der Waals surface area contributed by atoms with Crippen LogP contribution in [0, 0.1) is 6.92 Å². The molecule has 1 unspecified atom stereocenters. The lowest BCUT2D eigenvalue weighted by Gasteiger charge is -2.24. The number of hydrogen-bond donors (Lipinski definition) is 1. The maximum absolute atomic E-state index is 13.4. The van der Waals surface area contributed by atoms with Crippen molar-refractivity contribution in [3.63, 3.8) is 0 Å². The lowest BCUT2D eigenvalue weighted by Crippen LogP contribution is -2.30. The summed E-state index contributed by atoms with van der Waals surface area (Å²) in [7, 11) is 0. The van der Waals surface area contributed by atoms with Crippen LogP contribution < -0.4 is 9.64 Å². The highest BCUT2D eigenvalue weighted by molar-refractivity contribution is 7.15. The minimum atomic E-state index is -0.905. The van der Waals surface area contributed by atoms with E-state index in [1.165, 1.54) is 22.3 Å². The van der Waals surface area contributed by atoms with Crippen LogP contribution in [0.3, 0.4) is 0 Å². The second kappa shape index (κ2) is 9.97. The first-order chi connectivity index (χ1) is 17.5. The predicted molar refractivity (Wildman–Crippen MR) is 138 cm³/mol. The number of hydrogen-bond acceptors (Lipinski definition) is 7. The lowest BCUT2D eigenvalue weighted by atomic mass is 9.95. The van der Waals surface area contributed by atoms with Crippen molar-refractivity contribution in [2.24, 2.45) is 0 Å². The van der Waals surface area contributed by atoms with Gasteiger partial charge in [0, 0.05) is 0 Å². The van der Waals surface area contributed by atoms with Crippen molar-refractivity contribution in [2.75, 3.05) is 4.90 Å². The molecule has 1 aromatic heterocycles. The van der Waals surface area contributed by atoms with Crippen LogP contribution in [0.1, 0.15) is 22.2 Å². The van der Waals surface area contributed by atoms with E-state index in [-0.39, 0.29) is 5.57 Å². The third kappa shape index (κ3) is 4.67. The number of carbonyl (C=O) groups is 2. The standard InChI is InChI=1S/C28H21N3O4S/c1-18-29-30-28(36-18)31-25(20-11-8-14-22(17-20)35-21-12-6-3-7-13-21)24(26(33)27(31)34)23(32)16-15-19-9-4-2-5-10-19/h2-17,25,33H,1H3. The zero-order valence-corrected chi connectivity index (χ0v) is 20.1. The third-order valence-corrected chi connectivity index (χ3v) is 6.41. The van der Waals surface area contributed by atoms with Gasteiger partial charge in [0.1, 0.15) is 16.5 Å². The molecule has 1 aliphatic heterocycles. The van der Waals surface area contributed by atoms with Gasteiger partial charge in [0.25, 0.3) is 5.91 Å². The summed E-state index contributed by atoms with van der Waals surface area (Å²) in [6.07, 6.45) is 3.01. The van der Waals surface area contributed by atoms with Gasteiger partial charge in [0.2, 0.25) is 5.13 Å². The molecule has 0 bridgehead atoms. The SMILES string of the molecule is Cc1nnc(N2C(=O)C(O)=C(C(=O)C=Cc3ccccc3)C2c2cccc(Oc3ccccc3)c2)s1. The largest absolute Gasteiger partial charge is 0.503 e. The number of ether oxygens (including phenoxy) is 1. The van der Waals surface area contributed by atoms with E-state index in [0.29, 0.717) is 27.2 Å². The number of nitrogens with zero attached hydrogens (tertiary/aromatic N) is 3. The Labute approximate surface area is 211 Å². The minimum absolute atomic E-state index is 0.0307. The molecule has 5 rings (SSSR count). The first-order valence-electron chi connectivity index (χ1n) is 11.2. The zero-order valence-electron chi connectivity index (χ0n) is 19.2. The Morgan fingerprint density at radius 3 is 2.36 bits per heavy atom. The number of aromatic nitrogens is 2. The molecule has 0 spiro atoms. The van der Waals surface area contributed by atoms with Crippen LogP contribution in [0.5, 0.6) is 11.5 Å². The Morgan fingerprint density at radius 1 is 0.972 bits per heavy atom. The van der Waals surface area contributed by atoms with Crippen LogP contribution in [0.15, 0.2) is 102 Å². The van der Waals surface area contributed by atoms with Gasteiger partial charge in [0.05, 0.1) is 11.6 Å². The van der Waals surface area contributed by atoms with Gasteiger partial charge in [-0.1, -0.05) is 78.1 Å². The molecule has 8 heteroatoms. The highest BCUT2D eigenvalue weighted by Crippen LogP contribution is 2.43. The van der Waals surface area contributed by atoms with Crippen molar-refractivity contribution in [3.05, 3.63) is 118 Å². The highest BCUT2D eigenvalue weighted by Gasteiger charge is 2.45. The van der Waals surface area contributed by atoms with Crippen molar-refractivity contribution in [1.82, 2.24) is 10.2 Å². The number of allylic oxidation sites excluding steroid dienone is 1. The first-order valence-corrected chi connectivity index (χ1v) is 12.0. The van der Waals surface area contributed by atoms with Crippen LogP contribution >= 0.6 is 11.3 Å².